The lowest BCUT2D eigenvalue weighted by atomic mass is 10.1. The van der Waals surface area contributed by atoms with Crippen LogP contribution in [0.2, 0.25) is 0 Å². The molecule has 0 bridgehead atoms. The molecule has 1 fully saturated rings. The highest BCUT2D eigenvalue weighted by Gasteiger charge is 2.28. The Morgan fingerprint density at radius 1 is 1.26 bits per heavy atom. The predicted molar refractivity (Wildman–Crippen MR) is 80.9 cm³/mol. The zero-order valence-electron chi connectivity index (χ0n) is 12.6. The van der Waals surface area contributed by atoms with Crippen molar-refractivity contribution in [2.24, 2.45) is 0 Å². The molecule has 106 valence electrons. The average molecular weight is 262 g/mol. The largest absolute Gasteiger partial charge is 0.370 e. The minimum Gasteiger partial charge on any atom is -0.370 e. The Morgan fingerprint density at radius 3 is 2.47 bits per heavy atom. The van der Waals surface area contributed by atoms with Crippen LogP contribution in [0.25, 0.3) is 0 Å². The Labute approximate surface area is 116 Å². The van der Waals surface area contributed by atoms with Crippen LogP contribution in [0, 0.1) is 0 Å². The highest BCUT2D eigenvalue weighted by Crippen LogP contribution is 2.39. The number of nitrogens with zero attached hydrogens (tertiary/aromatic N) is 3. The minimum absolute atomic E-state index is 0.552. The van der Waals surface area contributed by atoms with Gasteiger partial charge in [0.05, 0.1) is 0 Å². The standard InChI is InChI=1S/C15H26N4/c1-5-12(6-2)19(4)14-10-13(16-7-3)17-15(18-14)11-8-9-11/h10-12H,5-9H2,1-4H3,(H,16,17,18). The molecule has 19 heavy (non-hydrogen) atoms. The highest BCUT2D eigenvalue weighted by molar-refractivity contribution is 5.50. The molecule has 0 radical (unpaired) electrons. The van der Waals surface area contributed by atoms with E-state index >= 15 is 0 Å². The summed E-state index contributed by atoms with van der Waals surface area (Å²) >= 11 is 0. The van der Waals surface area contributed by atoms with E-state index in [0.29, 0.717) is 12.0 Å². The van der Waals surface area contributed by atoms with Gasteiger partial charge in [0.15, 0.2) is 0 Å². The third kappa shape index (κ3) is 3.37. The second kappa shape index (κ2) is 6.22. The molecule has 4 heteroatoms. The summed E-state index contributed by atoms with van der Waals surface area (Å²) in [5, 5.41) is 3.32. The van der Waals surface area contributed by atoms with Gasteiger partial charge in [0, 0.05) is 31.6 Å². The molecule has 1 N–H and O–H groups in total. The summed E-state index contributed by atoms with van der Waals surface area (Å²) in [6, 6.07) is 2.63. The van der Waals surface area contributed by atoms with Crippen molar-refractivity contribution in [3.8, 4) is 0 Å². The fourth-order valence-electron chi connectivity index (χ4n) is 2.45. The van der Waals surface area contributed by atoms with Gasteiger partial charge in [0.2, 0.25) is 0 Å². The van der Waals surface area contributed by atoms with E-state index in [-0.39, 0.29) is 0 Å². The summed E-state index contributed by atoms with van der Waals surface area (Å²) in [5.41, 5.74) is 0. The lowest BCUT2D eigenvalue weighted by Gasteiger charge is -2.28. The number of nitrogens with one attached hydrogen (secondary N) is 1. The first-order valence-corrected chi connectivity index (χ1v) is 7.55. The SMILES string of the molecule is CCNc1cc(N(C)C(CC)CC)nc(C2CC2)n1. The lowest BCUT2D eigenvalue weighted by molar-refractivity contribution is 0.585. The second-order valence-electron chi connectivity index (χ2n) is 5.36. The number of aromatic nitrogens is 2. The van der Waals surface area contributed by atoms with Gasteiger partial charge in [0.1, 0.15) is 17.5 Å². The third-order valence-electron chi connectivity index (χ3n) is 3.88. The molecule has 0 spiro atoms. The maximum atomic E-state index is 4.77. The van der Waals surface area contributed by atoms with E-state index < -0.39 is 0 Å². The van der Waals surface area contributed by atoms with Crippen LogP contribution in [0.15, 0.2) is 6.07 Å². The van der Waals surface area contributed by atoms with E-state index in [1.807, 2.05) is 0 Å². The summed E-state index contributed by atoms with van der Waals surface area (Å²) in [6.45, 7) is 7.47. The first kappa shape index (κ1) is 14.1. The number of hydrogen-bond donors (Lipinski definition) is 1. The van der Waals surface area contributed by atoms with Crippen molar-refractivity contribution in [1.82, 2.24) is 9.97 Å². The number of rotatable bonds is 7. The molecule has 1 saturated carbocycles. The summed E-state index contributed by atoms with van der Waals surface area (Å²) in [7, 11) is 2.15. The van der Waals surface area contributed by atoms with Gasteiger partial charge in [-0.2, -0.15) is 0 Å². The van der Waals surface area contributed by atoms with Gasteiger partial charge in [-0.05, 0) is 32.6 Å². The molecule has 1 heterocycles. The lowest BCUT2D eigenvalue weighted by Crippen LogP contribution is -2.31. The van der Waals surface area contributed by atoms with Crippen LogP contribution in [-0.4, -0.2) is 29.6 Å². The maximum absolute atomic E-state index is 4.77. The van der Waals surface area contributed by atoms with E-state index in [1.54, 1.807) is 0 Å². The van der Waals surface area contributed by atoms with Crippen LogP contribution < -0.4 is 10.2 Å². The summed E-state index contributed by atoms with van der Waals surface area (Å²) in [6.07, 6.45) is 4.77. The molecule has 2 rings (SSSR count). The molecular weight excluding hydrogens is 236 g/mol. The van der Waals surface area contributed by atoms with Gasteiger partial charge in [0.25, 0.3) is 0 Å². The number of hydrogen-bond acceptors (Lipinski definition) is 4. The molecule has 0 atom stereocenters. The molecule has 0 saturated heterocycles. The van der Waals surface area contributed by atoms with Crippen LogP contribution >= 0.6 is 0 Å². The average Bonchev–Trinajstić information content (AvgIpc) is 3.24. The smallest absolute Gasteiger partial charge is 0.136 e. The van der Waals surface area contributed by atoms with Crippen molar-refractivity contribution in [3.63, 3.8) is 0 Å². The Hall–Kier alpha value is -1.32. The van der Waals surface area contributed by atoms with Crippen molar-refractivity contribution in [3.05, 3.63) is 11.9 Å². The van der Waals surface area contributed by atoms with E-state index in [0.717, 1.165) is 36.8 Å². The minimum atomic E-state index is 0.552. The van der Waals surface area contributed by atoms with Gasteiger partial charge in [-0.25, -0.2) is 9.97 Å². The zero-order valence-corrected chi connectivity index (χ0v) is 12.6. The quantitative estimate of drug-likeness (QED) is 0.817. The maximum Gasteiger partial charge on any atom is 0.136 e. The van der Waals surface area contributed by atoms with E-state index in [4.69, 9.17) is 4.98 Å². The molecule has 0 aliphatic heterocycles. The molecular formula is C15H26N4. The molecule has 1 aromatic rings. The predicted octanol–water partition coefficient (Wildman–Crippen LogP) is 3.41. The van der Waals surface area contributed by atoms with Gasteiger partial charge in [-0.1, -0.05) is 13.8 Å². The van der Waals surface area contributed by atoms with Crippen LogP contribution in [-0.2, 0) is 0 Å². The van der Waals surface area contributed by atoms with E-state index in [1.165, 1.54) is 12.8 Å². The van der Waals surface area contributed by atoms with Gasteiger partial charge in [-0.3, -0.25) is 0 Å². The van der Waals surface area contributed by atoms with Gasteiger partial charge in [-0.15, -0.1) is 0 Å². The monoisotopic (exact) mass is 262 g/mol. The first-order chi connectivity index (χ1) is 9.19. The number of anilines is 2. The topological polar surface area (TPSA) is 41.0 Å². The van der Waals surface area contributed by atoms with Crippen molar-refractivity contribution in [2.75, 3.05) is 23.8 Å². The second-order valence-corrected chi connectivity index (χ2v) is 5.36. The molecule has 0 unspecified atom stereocenters. The molecule has 4 nitrogen and oxygen atoms in total. The molecule has 1 aliphatic carbocycles. The Morgan fingerprint density at radius 2 is 1.95 bits per heavy atom. The molecule has 0 amide bonds. The Bertz CT molecular complexity index is 411. The molecule has 0 aromatic carbocycles. The van der Waals surface area contributed by atoms with E-state index in [9.17, 15) is 0 Å². The zero-order chi connectivity index (χ0) is 13.8. The van der Waals surface area contributed by atoms with Crippen molar-refractivity contribution < 1.29 is 0 Å². The van der Waals surface area contributed by atoms with Gasteiger partial charge < -0.3 is 10.2 Å². The van der Waals surface area contributed by atoms with Crippen LogP contribution in [0.3, 0.4) is 0 Å². The van der Waals surface area contributed by atoms with Crippen LogP contribution in [0.5, 0.6) is 0 Å². The first-order valence-electron chi connectivity index (χ1n) is 7.55. The normalized spacial score (nSPS) is 14.8. The molecule has 1 aromatic heterocycles. The van der Waals surface area contributed by atoms with Gasteiger partial charge >= 0.3 is 0 Å². The Balaban J connectivity index is 2.26. The molecule has 1 aliphatic rings. The van der Waals surface area contributed by atoms with Crippen LogP contribution in [0.1, 0.15) is 58.2 Å². The fourth-order valence-corrected chi connectivity index (χ4v) is 2.45. The van der Waals surface area contributed by atoms with E-state index in [2.05, 4.69) is 49.1 Å². The highest BCUT2D eigenvalue weighted by atomic mass is 15.2. The fraction of sp³-hybridized carbons (Fsp3) is 0.733. The van der Waals surface area contributed by atoms with Crippen molar-refractivity contribution >= 4 is 11.6 Å². The summed E-state index contributed by atoms with van der Waals surface area (Å²) in [4.78, 5) is 11.7. The van der Waals surface area contributed by atoms with Crippen LogP contribution in [0.4, 0.5) is 11.6 Å². The van der Waals surface area contributed by atoms with Crippen molar-refractivity contribution in [2.45, 2.75) is 58.4 Å². The third-order valence-corrected chi connectivity index (χ3v) is 3.88. The summed E-state index contributed by atoms with van der Waals surface area (Å²) < 4.78 is 0. The summed E-state index contributed by atoms with van der Waals surface area (Å²) in [5.74, 6) is 3.63. The van der Waals surface area contributed by atoms with Crippen molar-refractivity contribution in [1.29, 1.82) is 0 Å². The Kier molecular flexibility index (Phi) is 4.61.